The smallest absolute Gasteiger partial charge is 0.00853 e. The first-order valence-corrected chi connectivity index (χ1v) is 7.85. The van der Waals surface area contributed by atoms with Gasteiger partial charge in [0.15, 0.2) is 0 Å². The third-order valence-electron chi connectivity index (χ3n) is 4.08. The molecular weight excluding hydrogens is 202 g/mol. The van der Waals surface area contributed by atoms with Crippen molar-refractivity contribution in [3.8, 4) is 0 Å². The highest BCUT2D eigenvalue weighted by molar-refractivity contribution is 7.99. The van der Waals surface area contributed by atoms with Crippen molar-refractivity contribution in [2.75, 3.05) is 11.5 Å². The Labute approximate surface area is 98.8 Å². The molecule has 1 aliphatic heterocycles. The van der Waals surface area contributed by atoms with Gasteiger partial charge in [0.05, 0.1) is 0 Å². The van der Waals surface area contributed by atoms with E-state index < -0.39 is 0 Å². The van der Waals surface area contributed by atoms with Gasteiger partial charge >= 0.3 is 0 Å². The van der Waals surface area contributed by atoms with Gasteiger partial charge in [-0.1, -0.05) is 19.3 Å². The third kappa shape index (κ3) is 3.67. The number of thioether (sulfide) groups is 1. The van der Waals surface area contributed by atoms with Gasteiger partial charge in [0.25, 0.3) is 0 Å². The molecule has 0 aromatic carbocycles. The minimum atomic E-state index is 0.762. The van der Waals surface area contributed by atoms with Gasteiger partial charge in [0.2, 0.25) is 0 Å². The molecular formula is C13H25NS. The Kier molecular flexibility index (Phi) is 4.83. The number of hydrogen-bond donors (Lipinski definition) is 1. The molecule has 15 heavy (non-hydrogen) atoms. The summed E-state index contributed by atoms with van der Waals surface area (Å²) in [5.74, 6) is 3.71. The average Bonchev–Trinajstić information content (AvgIpc) is 2.31. The van der Waals surface area contributed by atoms with E-state index in [2.05, 4.69) is 24.0 Å². The van der Waals surface area contributed by atoms with Gasteiger partial charge in [-0.15, -0.1) is 0 Å². The second kappa shape index (κ2) is 6.15. The summed E-state index contributed by atoms with van der Waals surface area (Å²) in [5.41, 5.74) is 0. The molecule has 0 amide bonds. The van der Waals surface area contributed by atoms with Crippen LogP contribution in [0.25, 0.3) is 0 Å². The van der Waals surface area contributed by atoms with Crippen molar-refractivity contribution in [3.05, 3.63) is 0 Å². The molecule has 0 bridgehead atoms. The van der Waals surface area contributed by atoms with E-state index in [1.165, 1.54) is 56.5 Å². The highest BCUT2D eigenvalue weighted by Gasteiger charge is 2.23. The topological polar surface area (TPSA) is 12.0 Å². The van der Waals surface area contributed by atoms with Gasteiger partial charge in [0, 0.05) is 12.1 Å². The zero-order valence-electron chi connectivity index (χ0n) is 10.0. The molecule has 0 spiro atoms. The monoisotopic (exact) mass is 227 g/mol. The maximum absolute atomic E-state index is 3.88. The zero-order valence-corrected chi connectivity index (χ0v) is 10.8. The molecule has 1 N–H and O–H groups in total. The highest BCUT2D eigenvalue weighted by Crippen LogP contribution is 2.27. The summed E-state index contributed by atoms with van der Waals surface area (Å²) in [6.07, 6.45) is 10.1. The maximum Gasteiger partial charge on any atom is 0.00853 e. The van der Waals surface area contributed by atoms with Crippen LogP contribution in [0.5, 0.6) is 0 Å². The molecule has 1 nitrogen and oxygen atoms in total. The molecule has 88 valence electrons. The van der Waals surface area contributed by atoms with E-state index in [4.69, 9.17) is 0 Å². The van der Waals surface area contributed by atoms with Crippen molar-refractivity contribution < 1.29 is 0 Å². The van der Waals surface area contributed by atoms with Crippen LogP contribution < -0.4 is 5.32 Å². The second-order valence-corrected chi connectivity index (χ2v) is 6.46. The number of hydrogen-bond acceptors (Lipinski definition) is 2. The summed E-state index contributed by atoms with van der Waals surface area (Å²) in [7, 11) is 0. The molecule has 2 heteroatoms. The Balaban J connectivity index is 1.72. The molecule has 0 radical (unpaired) electrons. The van der Waals surface area contributed by atoms with Crippen LogP contribution in [0.4, 0.5) is 0 Å². The molecule has 2 rings (SSSR count). The molecule has 0 aromatic heterocycles. The molecule has 2 fully saturated rings. The standard InChI is InChI=1S/C13H25NS/c1-11(12-5-3-2-4-6-12)14-13-7-9-15-10-8-13/h11-14H,2-10H2,1H3. The minimum Gasteiger partial charge on any atom is -0.311 e. The zero-order chi connectivity index (χ0) is 10.5. The second-order valence-electron chi connectivity index (χ2n) is 5.24. The molecule has 1 heterocycles. The fraction of sp³-hybridized carbons (Fsp3) is 1.00. The fourth-order valence-corrected chi connectivity index (χ4v) is 4.11. The first kappa shape index (κ1) is 11.8. The normalized spacial score (nSPS) is 27.8. The van der Waals surface area contributed by atoms with Crippen molar-refractivity contribution in [3.63, 3.8) is 0 Å². The van der Waals surface area contributed by atoms with E-state index in [1.807, 2.05) is 0 Å². The van der Waals surface area contributed by atoms with Crippen molar-refractivity contribution in [1.82, 2.24) is 5.32 Å². The molecule has 2 aliphatic rings. The van der Waals surface area contributed by atoms with Crippen LogP contribution in [-0.4, -0.2) is 23.6 Å². The Morgan fingerprint density at radius 3 is 2.33 bits per heavy atom. The molecule has 1 unspecified atom stereocenters. The Morgan fingerprint density at radius 1 is 1.00 bits per heavy atom. The van der Waals surface area contributed by atoms with Crippen LogP contribution in [0.2, 0.25) is 0 Å². The first-order chi connectivity index (χ1) is 7.36. The third-order valence-corrected chi connectivity index (χ3v) is 5.13. The van der Waals surface area contributed by atoms with Crippen LogP contribution in [-0.2, 0) is 0 Å². The lowest BCUT2D eigenvalue weighted by molar-refractivity contribution is 0.259. The number of rotatable bonds is 3. The first-order valence-electron chi connectivity index (χ1n) is 6.70. The highest BCUT2D eigenvalue weighted by atomic mass is 32.2. The predicted molar refractivity (Wildman–Crippen MR) is 69.5 cm³/mol. The average molecular weight is 227 g/mol. The van der Waals surface area contributed by atoms with Crippen molar-refractivity contribution in [1.29, 1.82) is 0 Å². The van der Waals surface area contributed by atoms with E-state index in [9.17, 15) is 0 Å². The van der Waals surface area contributed by atoms with Gasteiger partial charge in [-0.3, -0.25) is 0 Å². The summed E-state index contributed by atoms with van der Waals surface area (Å²) < 4.78 is 0. The minimum absolute atomic E-state index is 0.762. The molecule has 1 saturated carbocycles. The van der Waals surface area contributed by atoms with Crippen LogP contribution in [0, 0.1) is 5.92 Å². The Morgan fingerprint density at radius 2 is 1.67 bits per heavy atom. The summed E-state index contributed by atoms with van der Waals surface area (Å²) >= 11 is 2.12. The largest absolute Gasteiger partial charge is 0.311 e. The lowest BCUT2D eigenvalue weighted by Crippen LogP contribution is -2.43. The fourth-order valence-electron chi connectivity index (χ4n) is 3.01. The van der Waals surface area contributed by atoms with Crippen molar-refractivity contribution in [2.45, 2.75) is 64.0 Å². The maximum atomic E-state index is 3.88. The van der Waals surface area contributed by atoms with E-state index in [-0.39, 0.29) is 0 Å². The van der Waals surface area contributed by atoms with Crippen LogP contribution >= 0.6 is 11.8 Å². The van der Waals surface area contributed by atoms with Crippen LogP contribution in [0.15, 0.2) is 0 Å². The van der Waals surface area contributed by atoms with Gasteiger partial charge in [-0.25, -0.2) is 0 Å². The van der Waals surface area contributed by atoms with Gasteiger partial charge in [0.1, 0.15) is 0 Å². The van der Waals surface area contributed by atoms with E-state index in [0.29, 0.717) is 0 Å². The van der Waals surface area contributed by atoms with Crippen molar-refractivity contribution in [2.24, 2.45) is 5.92 Å². The Bertz CT molecular complexity index is 171. The summed E-state index contributed by atoms with van der Waals surface area (Å²) in [5, 5.41) is 3.88. The molecule has 1 aliphatic carbocycles. The SMILES string of the molecule is CC(NC1CCSCC1)C1CCCCC1. The summed E-state index contributed by atoms with van der Waals surface area (Å²) in [4.78, 5) is 0. The molecule has 1 atom stereocenters. The van der Waals surface area contributed by atoms with Gasteiger partial charge in [-0.05, 0) is 50.0 Å². The lowest BCUT2D eigenvalue weighted by Gasteiger charge is -2.33. The quantitative estimate of drug-likeness (QED) is 0.792. The van der Waals surface area contributed by atoms with Crippen LogP contribution in [0.1, 0.15) is 51.9 Å². The molecule has 0 aromatic rings. The lowest BCUT2D eigenvalue weighted by atomic mass is 9.84. The van der Waals surface area contributed by atoms with E-state index >= 15 is 0 Å². The predicted octanol–water partition coefficient (Wildman–Crippen LogP) is 3.44. The molecule has 1 saturated heterocycles. The van der Waals surface area contributed by atoms with Gasteiger partial charge in [-0.2, -0.15) is 11.8 Å². The Hall–Kier alpha value is 0.310. The summed E-state index contributed by atoms with van der Waals surface area (Å²) in [6.45, 7) is 2.41. The van der Waals surface area contributed by atoms with Gasteiger partial charge < -0.3 is 5.32 Å². The van der Waals surface area contributed by atoms with Crippen molar-refractivity contribution >= 4 is 11.8 Å². The van der Waals surface area contributed by atoms with Crippen LogP contribution in [0.3, 0.4) is 0 Å². The number of nitrogens with one attached hydrogen (secondary N) is 1. The van der Waals surface area contributed by atoms with E-state index in [0.717, 1.165) is 18.0 Å². The summed E-state index contributed by atoms with van der Waals surface area (Å²) in [6, 6.07) is 1.58. The van der Waals surface area contributed by atoms with E-state index in [1.54, 1.807) is 0 Å².